The van der Waals surface area contributed by atoms with Crippen molar-refractivity contribution >= 4 is 28.3 Å². The molecule has 1 aromatic carbocycles. The van der Waals surface area contributed by atoms with Crippen molar-refractivity contribution < 1.29 is 4.79 Å². The molecule has 156 valence electrons. The molecule has 1 saturated carbocycles. The number of carbonyl (C=O) groups is 1. The molecular formula is C24H34N4O. The SMILES string of the molecule is CCN1CCN(c2cc(C)c3cc(NC(=O)CCC4CCCC4)ccc3n2)CC1. The summed E-state index contributed by atoms with van der Waals surface area (Å²) in [4.78, 5) is 22.1. The molecule has 0 bridgehead atoms. The number of fused-ring (bicyclic) bond motifs is 1. The molecule has 0 unspecified atom stereocenters. The second-order valence-corrected chi connectivity index (χ2v) is 8.69. The Kier molecular flexibility index (Phi) is 6.34. The molecule has 1 aliphatic carbocycles. The van der Waals surface area contributed by atoms with Gasteiger partial charge in [-0.1, -0.05) is 32.6 Å². The lowest BCUT2D eigenvalue weighted by Gasteiger charge is -2.35. The van der Waals surface area contributed by atoms with Gasteiger partial charge in [-0.15, -0.1) is 0 Å². The minimum atomic E-state index is 0.132. The van der Waals surface area contributed by atoms with E-state index in [0.29, 0.717) is 6.42 Å². The molecule has 0 atom stereocenters. The van der Waals surface area contributed by atoms with Crippen molar-refractivity contribution in [2.24, 2.45) is 5.92 Å². The predicted octanol–water partition coefficient (Wildman–Crippen LogP) is 4.59. The molecule has 1 saturated heterocycles. The third kappa shape index (κ3) is 4.89. The fourth-order valence-corrected chi connectivity index (χ4v) is 4.77. The third-order valence-electron chi connectivity index (χ3n) is 6.68. The summed E-state index contributed by atoms with van der Waals surface area (Å²) in [6.45, 7) is 9.73. The maximum absolute atomic E-state index is 12.4. The fraction of sp³-hybridized carbons (Fsp3) is 0.583. The topological polar surface area (TPSA) is 48.5 Å². The quantitative estimate of drug-likeness (QED) is 0.778. The molecule has 1 aliphatic heterocycles. The van der Waals surface area contributed by atoms with Crippen LogP contribution in [0.3, 0.4) is 0 Å². The number of benzene rings is 1. The highest BCUT2D eigenvalue weighted by Gasteiger charge is 2.18. The first-order valence-corrected chi connectivity index (χ1v) is 11.3. The zero-order valence-electron chi connectivity index (χ0n) is 17.9. The second kappa shape index (κ2) is 9.12. The van der Waals surface area contributed by atoms with Crippen LogP contribution >= 0.6 is 0 Å². The monoisotopic (exact) mass is 394 g/mol. The van der Waals surface area contributed by atoms with E-state index < -0.39 is 0 Å². The summed E-state index contributed by atoms with van der Waals surface area (Å²) in [6, 6.07) is 8.29. The van der Waals surface area contributed by atoms with E-state index in [-0.39, 0.29) is 5.91 Å². The first-order valence-electron chi connectivity index (χ1n) is 11.3. The highest BCUT2D eigenvalue weighted by atomic mass is 16.1. The van der Waals surface area contributed by atoms with Crippen molar-refractivity contribution in [1.82, 2.24) is 9.88 Å². The fourth-order valence-electron chi connectivity index (χ4n) is 4.77. The van der Waals surface area contributed by atoms with Gasteiger partial charge >= 0.3 is 0 Å². The van der Waals surface area contributed by atoms with Crippen LogP contribution in [-0.2, 0) is 4.79 Å². The number of nitrogens with one attached hydrogen (secondary N) is 1. The van der Waals surface area contributed by atoms with E-state index in [1.807, 2.05) is 12.1 Å². The van der Waals surface area contributed by atoms with E-state index in [1.54, 1.807) is 0 Å². The second-order valence-electron chi connectivity index (χ2n) is 8.69. The Bertz CT molecular complexity index is 851. The lowest BCUT2D eigenvalue weighted by atomic mass is 10.0. The summed E-state index contributed by atoms with van der Waals surface area (Å²) in [5.74, 6) is 1.95. The molecule has 5 heteroatoms. The van der Waals surface area contributed by atoms with Crippen LogP contribution in [0, 0.1) is 12.8 Å². The van der Waals surface area contributed by atoms with Crippen LogP contribution in [0.25, 0.3) is 10.9 Å². The number of hydrogen-bond donors (Lipinski definition) is 1. The van der Waals surface area contributed by atoms with Crippen LogP contribution < -0.4 is 10.2 Å². The van der Waals surface area contributed by atoms with Gasteiger partial charge in [0.1, 0.15) is 5.82 Å². The van der Waals surface area contributed by atoms with Gasteiger partial charge in [-0.25, -0.2) is 4.98 Å². The van der Waals surface area contributed by atoms with Gasteiger partial charge in [0.05, 0.1) is 5.52 Å². The molecule has 0 spiro atoms. The first-order chi connectivity index (χ1) is 14.1. The van der Waals surface area contributed by atoms with Gasteiger partial charge in [0, 0.05) is 43.7 Å². The first kappa shape index (κ1) is 20.1. The van der Waals surface area contributed by atoms with Crippen molar-refractivity contribution in [1.29, 1.82) is 0 Å². The van der Waals surface area contributed by atoms with Crippen molar-refractivity contribution in [2.75, 3.05) is 42.9 Å². The summed E-state index contributed by atoms with van der Waals surface area (Å²) in [5.41, 5.74) is 3.09. The van der Waals surface area contributed by atoms with Gasteiger partial charge in [-0.05, 0) is 55.6 Å². The van der Waals surface area contributed by atoms with Crippen LogP contribution in [0.5, 0.6) is 0 Å². The summed E-state index contributed by atoms with van der Waals surface area (Å²) >= 11 is 0. The van der Waals surface area contributed by atoms with Crippen LogP contribution in [0.4, 0.5) is 11.5 Å². The molecule has 29 heavy (non-hydrogen) atoms. The van der Waals surface area contributed by atoms with Crippen LogP contribution in [0.1, 0.15) is 51.0 Å². The van der Waals surface area contributed by atoms with Gasteiger partial charge < -0.3 is 15.1 Å². The lowest BCUT2D eigenvalue weighted by molar-refractivity contribution is -0.116. The van der Waals surface area contributed by atoms with E-state index in [1.165, 1.54) is 31.2 Å². The van der Waals surface area contributed by atoms with E-state index in [9.17, 15) is 4.79 Å². The van der Waals surface area contributed by atoms with Crippen LogP contribution in [-0.4, -0.2) is 48.5 Å². The Hall–Kier alpha value is -2.14. The number of pyridine rings is 1. The normalized spacial score (nSPS) is 18.5. The Morgan fingerprint density at radius 3 is 2.62 bits per heavy atom. The van der Waals surface area contributed by atoms with E-state index in [2.05, 4.69) is 41.1 Å². The average Bonchev–Trinajstić information content (AvgIpc) is 3.26. The molecule has 2 aliphatic rings. The number of likely N-dealkylation sites (N-methyl/N-ethyl adjacent to an activating group) is 1. The van der Waals surface area contributed by atoms with Gasteiger partial charge in [0.15, 0.2) is 0 Å². The molecule has 2 aromatic rings. The van der Waals surface area contributed by atoms with Crippen molar-refractivity contribution in [3.05, 3.63) is 29.8 Å². The molecule has 2 heterocycles. The lowest BCUT2D eigenvalue weighted by Crippen LogP contribution is -2.46. The molecule has 0 radical (unpaired) electrons. The Labute approximate surface area is 174 Å². The maximum atomic E-state index is 12.4. The highest BCUT2D eigenvalue weighted by molar-refractivity contribution is 5.94. The van der Waals surface area contributed by atoms with E-state index in [0.717, 1.165) is 67.5 Å². The Balaban J connectivity index is 1.42. The number of anilines is 2. The minimum absolute atomic E-state index is 0.132. The molecule has 1 amide bonds. The predicted molar refractivity (Wildman–Crippen MR) is 121 cm³/mol. The van der Waals surface area contributed by atoms with Crippen molar-refractivity contribution in [2.45, 2.75) is 52.4 Å². The zero-order valence-corrected chi connectivity index (χ0v) is 17.9. The van der Waals surface area contributed by atoms with Crippen LogP contribution in [0.2, 0.25) is 0 Å². The van der Waals surface area contributed by atoms with Gasteiger partial charge in [0.25, 0.3) is 0 Å². The summed E-state index contributed by atoms with van der Waals surface area (Å²) in [6.07, 6.45) is 6.91. The third-order valence-corrected chi connectivity index (χ3v) is 6.68. The van der Waals surface area contributed by atoms with Crippen molar-refractivity contribution in [3.63, 3.8) is 0 Å². The average molecular weight is 395 g/mol. The molecule has 1 N–H and O–H groups in total. The van der Waals surface area contributed by atoms with Gasteiger partial charge in [-0.2, -0.15) is 0 Å². The number of rotatable bonds is 6. The van der Waals surface area contributed by atoms with E-state index >= 15 is 0 Å². The number of amides is 1. The molecular weight excluding hydrogens is 360 g/mol. The summed E-state index contributed by atoms with van der Waals surface area (Å²) in [5, 5.41) is 4.21. The summed E-state index contributed by atoms with van der Waals surface area (Å²) in [7, 11) is 0. The molecule has 4 rings (SSSR count). The number of hydrogen-bond acceptors (Lipinski definition) is 4. The van der Waals surface area contributed by atoms with Gasteiger partial charge in [-0.3, -0.25) is 4.79 Å². The molecule has 5 nitrogen and oxygen atoms in total. The maximum Gasteiger partial charge on any atom is 0.224 e. The smallest absolute Gasteiger partial charge is 0.224 e. The Morgan fingerprint density at radius 1 is 1.14 bits per heavy atom. The number of nitrogens with zero attached hydrogens (tertiary/aromatic N) is 3. The minimum Gasteiger partial charge on any atom is -0.354 e. The van der Waals surface area contributed by atoms with Crippen LogP contribution in [0.15, 0.2) is 24.3 Å². The van der Waals surface area contributed by atoms with E-state index in [4.69, 9.17) is 4.98 Å². The van der Waals surface area contributed by atoms with Gasteiger partial charge in [0.2, 0.25) is 5.91 Å². The number of carbonyl (C=O) groups excluding carboxylic acids is 1. The van der Waals surface area contributed by atoms with Crippen molar-refractivity contribution in [3.8, 4) is 0 Å². The summed E-state index contributed by atoms with van der Waals surface area (Å²) < 4.78 is 0. The number of aryl methyl sites for hydroxylation is 1. The number of piperazine rings is 1. The highest BCUT2D eigenvalue weighted by Crippen LogP contribution is 2.29. The molecule has 2 fully saturated rings. The standard InChI is InChI=1S/C24H34N4O/c1-3-27-12-14-28(15-13-27)23-16-18(2)21-17-20(9-10-22(21)26-23)25-24(29)11-8-19-6-4-5-7-19/h9-10,16-17,19H,3-8,11-15H2,1-2H3,(H,25,29). The molecule has 1 aromatic heterocycles. The number of aromatic nitrogens is 1. The largest absolute Gasteiger partial charge is 0.354 e. The Morgan fingerprint density at radius 2 is 1.90 bits per heavy atom. The zero-order chi connectivity index (χ0) is 20.2.